The number of thiophene rings is 1. The normalized spacial score (nSPS) is 16.4. The van der Waals surface area contributed by atoms with Crippen LogP contribution in [0.4, 0.5) is 5.69 Å². The lowest BCUT2D eigenvalue weighted by Gasteiger charge is -2.14. The highest BCUT2D eigenvalue weighted by atomic mass is 79.9. The highest BCUT2D eigenvalue weighted by molar-refractivity contribution is 9.11. The van der Waals surface area contributed by atoms with Crippen molar-refractivity contribution in [3.63, 3.8) is 0 Å². The van der Waals surface area contributed by atoms with E-state index in [-0.39, 0.29) is 11.5 Å². The fourth-order valence-electron chi connectivity index (χ4n) is 2.02. The molecule has 8 heteroatoms. The van der Waals surface area contributed by atoms with Gasteiger partial charge in [0.05, 0.1) is 19.9 Å². The third-order valence-corrected chi connectivity index (χ3v) is 5.86. The van der Waals surface area contributed by atoms with Crippen molar-refractivity contribution in [2.75, 3.05) is 4.90 Å². The number of anilines is 1. The van der Waals surface area contributed by atoms with Crippen LogP contribution >= 0.6 is 51.2 Å². The van der Waals surface area contributed by atoms with Gasteiger partial charge in [-0.15, -0.1) is 11.3 Å². The van der Waals surface area contributed by atoms with Gasteiger partial charge >= 0.3 is 5.97 Å². The van der Waals surface area contributed by atoms with E-state index in [1.807, 2.05) is 11.4 Å². The molecule has 0 bridgehead atoms. The van der Waals surface area contributed by atoms with E-state index in [2.05, 4.69) is 15.9 Å². The first-order chi connectivity index (χ1) is 11.0. The lowest BCUT2D eigenvalue weighted by molar-refractivity contribution is -0.113. The number of thiocarbonyl (C=S) groups is 1. The van der Waals surface area contributed by atoms with Crippen LogP contribution in [-0.2, 0) is 4.79 Å². The quantitative estimate of drug-likeness (QED) is 0.574. The second-order valence-corrected chi connectivity index (χ2v) is 8.52. The summed E-state index contributed by atoms with van der Waals surface area (Å²) in [7, 11) is 0. The molecule has 1 amide bonds. The molecule has 116 valence electrons. The van der Waals surface area contributed by atoms with Crippen LogP contribution in [0.5, 0.6) is 0 Å². The maximum atomic E-state index is 12.6. The SMILES string of the molecule is O=C(O)c1cccc(N2C(=O)/C(=C\c3csc(Br)c3)SC2=S)c1. The predicted octanol–water partition coefficient (Wildman–Crippen LogP) is 4.61. The van der Waals surface area contributed by atoms with Gasteiger partial charge in [0.15, 0.2) is 4.32 Å². The lowest BCUT2D eigenvalue weighted by atomic mass is 10.2. The Balaban J connectivity index is 1.94. The van der Waals surface area contributed by atoms with Gasteiger partial charge in [0.1, 0.15) is 0 Å². The monoisotopic (exact) mass is 425 g/mol. The van der Waals surface area contributed by atoms with Crippen LogP contribution < -0.4 is 4.90 Å². The summed E-state index contributed by atoms with van der Waals surface area (Å²) >= 11 is 11.4. The average Bonchev–Trinajstić information content (AvgIpc) is 3.03. The Morgan fingerprint density at radius 1 is 1.35 bits per heavy atom. The average molecular weight is 426 g/mol. The van der Waals surface area contributed by atoms with Crippen LogP contribution in [0.1, 0.15) is 15.9 Å². The first kappa shape index (κ1) is 16.4. The third-order valence-electron chi connectivity index (χ3n) is 3.03. The summed E-state index contributed by atoms with van der Waals surface area (Å²) in [4.78, 5) is 25.6. The number of rotatable bonds is 3. The Morgan fingerprint density at radius 2 is 2.13 bits per heavy atom. The zero-order chi connectivity index (χ0) is 16.6. The van der Waals surface area contributed by atoms with Crippen LogP contribution in [0.15, 0.2) is 44.4 Å². The Bertz CT molecular complexity index is 859. The number of benzene rings is 1. The first-order valence-corrected chi connectivity index (χ1v) is 9.21. The van der Waals surface area contributed by atoms with Crippen molar-refractivity contribution >= 4 is 79.2 Å². The molecule has 1 aliphatic rings. The zero-order valence-electron chi connectivity index (χ0n) is 11.4. The highest BCUT2D eigenvalue weighted by Crippen LogP contribution is 2.37. The lowest BCUT2D eigenvalue weighted by Crippen LogP contribution is -2.27. The summed E-state index contributed by atoms with van der Waals surface area (Å²) < 4.78 is 1.37. The van der Waals surface area contributed by atoms with Crippen molar-refractivity contribution in [3.8, 4) is 0 Å². The van der Waals surface area contributed by atoms with Gasteiger partial charge in [-0.2, -0.15) is 0 Å². The molecule has 0 atom stereocenters. The standard InChI is InChI=1S/C15H8BrNO3S3/c16-12-5-8(7-22-12)4-11-13(18)17(15(21)23-11)10-3-1-2-9(6-10)14(19)20/h1-7H,(H,19,20)/b11-4+. The number of amides is 1. The van der Waals surface area contributed by atoms with Crippen LogP contribution in [0, 0.1) is 0 Å². The van der Waals surface area contributed by atoms with Gasteiger partial charge in [0, 0.05) is 0 Å². The van der Waals surface area contributed by atoms with E-state index in [1.54, 1.807) is 18.2 Å². The number of aromatic carboxylic acids is 1. The van der Waals surface area contributed by atoms with E-state index in [9.17, 15) is 9.59 Å². The molecule has 2 heterocycles. The molecule has 3 rings (SSSR count). The summed E-state index contributed by atoms with van der Waals surface area (Å²) in [6.07, 6.45) is 1.78. The summed E-state index contributed by atoms with van der Waals surface area (Å²) in [5.74, 6) is -1.29. The van der Waals surface area contributed by atoms with E-state index in [0.29, 0.717) is 14.9 Å². The summed E-state index contributed by atoms with van der Waals surface area (Å²) in [5.41, 5.74) is 1.49. The second-order valence-electron chi connectivity index (χ2n) is 4.56. The number of hydrogen-bond donors (Lipinski definition) is 1. The molecular formula is C15H8BrNO3S3. The maximum Gasteiger partial charge on any atom is 0.335 e. The molecule has 1 aromatic heterocycles. The molecule has 1 N–H and O–H groups in total. The molecule has 0 aliphatic carbocycles. The van der Waals surface area contributed by atoms with Crippen LogP contribution in [0.3, 0.4) is 0 Å². The fraction of sp³-hybridized carbons (Fsp3) is 0. The van der Waals surface area contributed by atoms with Crippen molar-refractivity contribution in [1.82, 2.24) is 0 Å². The van der Waals surface area contributed by atoms with Gasteiger partial charge in [-0.05, 0) is 57.2 Å². The molecule has 1 aliphatic heterocycles. The molecule has 4 nitrogen and oxygen atoms in total. The highest BCUT2D eigenvalue weighted by Gasteiger charge is 2.33. The molecule has 0 unspecified atom stereocenters. The summed E-state index contributed by atoms with van der Waals surface area (Å²) in [6, 6.07) is 8.10. The minimum Gasteiger partial charge on any atom is -0.478 e. The Kier molecular flexibility index (Phi) is 4.67. The van der Waals surface area contributed by atoms with Crippen LogP contribution in [0.25, 0.3) is 6.08 Å². The van der Waals surface area contributed by atoms with E-state index >= 15 is 0 Å². The van der Waals surface area contributed by atoms with Gasteiger partial charge in [-0.25, -0.2) is 4.79 Å². The number of carboxylic acid groups (broad SMARTS) is 1. The van der Waals surface area contributed by atoms with Crippen molar-refractivity contribution in [2.24, 2.45) is 0 Å². The summed E-state index contributed by atoms with van der Waals surface area (Å²) in [6.45, 7) is 0. The maximum absolute atomic E-state index is 12.6. The van der Waals surface area contributed by atoms with Gasteiger partial charge in [0.2, 0.25) is 0 Å². The molecular weight excluding hydrogens is 418 g/mol. The van der Waals surface area contributed by atoms with Crippen molar-refractivity contribution in [2.45, 2.75) is 0 Å². The molecule has 0 spiro atoms. The Hall–Kier alpha value is -1.48. The smallest absolute Gasteiger partial charge is 0.335 e. The molecule has 1 fully saturated rings. The van der Waals surface area contributed by atoms with Gasteiger partial charge in [-0.3, -0.25) is 9.69 Å². The number of hydrogen-bond acceptors (Lipinski definition) is 5. The van der Waals surface area contributed by atoms with E-state index < -0.39 is 5.97 Å². The number of carboxylic acids is 1. The molecule has 0 radical (unpaired) electrons. The second kappa shape index (κ2) is 6.56. The Labute approximate surface area is 153 Å². The van der Waals surface area contributed by atoms with E-state index in [0.717, 1.165) is 9.35 Å². The Morgan fingerprint density at radius 3 is 2.78 bits per heavy atom. The minimum atomic E-state index is -1.05. The third kappa shape index (κ3) is 3.40. The predicted molar refractivity (Wildman–Crippen MR) is 101 cm³/mol. The number of carbonyl (C=O) groups is 2. The van der Waals surface area contributed by atoms with Crippen molar-refractivity contribution < 1.29 is 14.7 Å². The van der Waals surface area contributed by atoms with Crippen molar-refractivity contribution in [1.29, 1.82) is 0 Å². The van der Waals surface area contributed by atoms with E-state index in [4.69, 9.17) is 17.3 Å². The van der Waals surface area contributed by atoms with Crippen molar-refractivity contribution in [3.05, 3.63) is 55.5 Å². The number of halogens is 1. The molecule has 23 heavy (non-hydrogen) atoms. The van der Waals surface area contributed by atoms with Gasteiger partial charge in [0.25, 0.3) is 5.91 Å². The summed E-state index contributed by atoms with van der Waals surface area (Å²) in [5, 5.41) is 11.0. The van der Waals surface area contributed by atoms with Gasteiger partial charge in [-0.1, -0.05) is 30.0 Å². The first-order valence-electron chi connectivity index (χ1n) is 6.31. The molecule has 1 aromatic carbocycles. The molecule has 0 saturated carbocycles. The largest absolute Gasteiger partial charge is 0.478 e. The van der Waals surface area contributed by atoms with Crippen LogP contribution in [0.2, 0.25) is 0 Å². The van der Waals surface area contributed by atoms with Crippen LogP contribution in [-0.4, -0.2) is 21.3 Å². The molecule has 1 saturated heterocycles. The fourth-order valence-corrected chi connectivity index (χ4v) is 4.45. The number of nitrogens with zero attached hydrogens (tertiary/aromatic N) is 1. The minimum absolute atomic E-state index is 0.113. The molecule has 2 aromatic rings. The van der Waals surface area contributed by atoms with E-state index in [1.165, 1.54) is 40.1 Å². The zero-order valence-corrected chi connectivity index (χ0v) is 15.4. The topological polar surface area (TPSA) is 57.6 Å². The number of thioether (sulfide) groups is 1. The van der Waals surface area contributed by atoms with Gasteiger partial charge < -0.3 is 5.11 Å². The number of carbonyl (C=O) groups excluding carboxylic acids is 1.